The second kappa shape index (κ2) is 3.54. The third kappa shape index (κ3) is 2.05. The van der Waals surface area contributed by atoms with Crippen LogP contribution in [0.3, 0.4) is 0 Å². The van der Waals surface area contributed by atoms with Gasteiger partial charge in [0, 0.05) is 0 Å². The van der Waals surface area contributed by atoms with Crippen LogP contribution in [0.15, 0.2) is 24.3 Å². The molecule has 60 valence electrons. The summed E-state index contributed by atoms with van der Waals surface area (Å²) in [5.74, 6) is 0.676. The van der Waals surface area contributed by atoms with E-state index >= 15 is 0 Å². The Balaban J connectivity index is 2.81. The minimum atomic E-state index is 0.676. The molecule has 0 radical (unpaired) electrons. The van der Waals surface area contributed by atoms with Crippen LogP contribution in [0, 0.1) is 0 Å². The van der Waals surface area contributed by atoms with Crippen molar-refractivity contribution in [1.29, 1.82) is 0 Å². The predicted molar refractivity (Wildman–Crippen MR) is 47.7 cm³/mol. The lowest BCUT2D eigenvalue weighted by Gasteiger charge is -2.07. The maximum Gasteiger partial charge on any atom is 0.127 e. The van der Waals surface area contributed by atoms with Crippen LogP contribution < -0.4 is 5.73 Å². The Morgan fingerprint density at radius 2 is 1.82 bits per heavy atom. The summed E-state index contributed by atoms with van der Waals surface area (Å²) < 4.78 is 0. The van der Waals surface area contributed by atoms with Crippen molar-refractivity contribution in [3.05, 3.63) is 29.8 Å². The normalized spacial score (nSPS) is 13.0. The van der Waals surface area contributed by atoms with Gasteiger partial charge in [0.1, 0.15) is 5.69 Å². The predicted octanol–water partition coefficient (Wildman–Crippen LogP) is 2.07. The van der Waals surface area contributed by atoms with E-state index in [1.54, 1.807) is 0 Å². The van der Waals surface area contributed by atoms with Gasteiger partial charge in [-0.25, -0.2) is 0 Å². The van der Waals surface area contributed by atoms with Crippen molar-refractivity contribution in [3.63, 3.8) is 0 Å². The molecule has 3 N–H and O–H groups in total. The summed E-state index contributed by atoms with van der Waals surface area (Å²) in [6.45, 7) is 4.46. The molecular weight excluding hydrogens is 134 g/mol. The second-order valence-corrected chi connectivity index (χ2v) is 3.05. The lowest BCUT2D eigenvalue weighted by molar-refractivity contribution is -0.254. The Bertz CT molecular complexity index is 213. The third-order valence-electron chi connectivity index (χ3n) is 2.16. The first-order chi connectivity index (χ1) is 5.24. The minimum absolute atomic E-state index is 0.676. The molecule has 1 heteroatoms. The molecule has 1 aromatic carbocycles. The van der Waals surface area contributed by atoms with Crippen LogP contribution in [0.1, 0.15) is 31.7 Å². The molecule has 0 heterocycles. The molecule has 1 atom stereocenters. The minimum Gasteiger partial charge on any atom is -0.325 e. The van der Waals surface area contributed by atoms with Gasteiger partial charge in [-0.3, -0.25) is 0 Å². The van der Waals surface area contributed by atoms with E-state index in [9.17, 15) is 0 Å². The van der Waals surface area contributed by atoms with Crippen molar-refractivity contribution in [2.24, 2.45) is 0 Å². The second-order valence-electron chi connectivity index (χ2n) is 3.05. The van der Waals surface area contributed by atoms with Crippen LogP contribution in [0.25, 0.3) is 0 Å². The van der Waals surface area contributed by atoms with Crippen molar-refractivity contribution >= 4 is 5.69 Å². The summed E-state index contributed by atoms with van der Waals surface area (Å²) in [7, 11) is 0. The molecule has 0 saturated carbocycles. The van der Waals surface area contributed by atoms with Crippen LogP contribution >= 0.6 is 0 Å². The molecule has 11 heavy (non-hydrogen) atoms. The summed E-state index contributed by atoms with van der Waals surface area (Å²) in [5.41, 5.74) is 6.36. The van der Waals surface area contributed by atoms with Gasteiger partial charge in [-0.15, -0.1) is 0 Å². The lowest BCUT2D eigenvalue weighted by Crippen LogP contribution is -2.39. The van der Waals surface area contributed by atoms with Crippen LogP contribution in [0.5, 0.6) is 0 Å². The zero-order valence-electron chi connectivity index (χ0n) is 7.30. The highest BCUT2D eigenvalue weighted by atomic mass is 14.5. The molecule has 0 bridgehead atoms. The molecule has 0 spiro atoms. The van der Waals surface area contributed by atoms with Gasteiger partial charge in [0.25, 0.3) is 0 Å². The van der Waals surface area contributed by atoms with E-state index in [1.807, 2.05) is 0 Å². The largest absolute Gasteiger partial charge is 0.325 e. The molecule has 0 aliphatic rings. The van der Waals surface area contributed by atoms with Crippen molar-refractivity contribution in [3.8, 4) is 0 Å². The van der Waals surface area contributed by atoms with Gasteiger partial charge >= 0.3 is 0 Å². The van der Waals surface area contributed by atoms with Gasteiger partial charge in [0.05, 0.1) is 0 Å². The SMILES string of the molecule is CCC(C)c1ccc([NH3+])cc1. The first-order valence-electron chi connectivity index (χ1n) is 4.16. The van der Waals surface area contributed by atoms with Gasteiger partial charge in [0.2, 0.25) is 0 Å². The Kier molecular flexibility index (Phi) is 2.66. The summed E-state index contributed by atoms with van der Waals surface area (Å²) in [6, 6.07) is 8.47. The first kappa shape index (κ1) is 8.28. The van der Waals surface area contributed by atoms with Gasteiger partial charge < -0.3 is 5.73 Å². The standard InChI is InChI=1S/C10H15N/c1-3-8(2)9-4-6-10(11)7-5-9/h4-8H,3,11H2,1-2H3/p+1. The summed E-state index contributed by atoms with van der Waals surface area (Å²) >= 11 is 0. The molecule has 0 aliphatic carbocycles. The summed E-state index contributed by atoms with van der Waals surface area (Å²) in [5, 5.41) is 0. The zero-order valence-corrected chi connectivity index (χ0v) is 7.30. The molecule has 0 aliphatic heterocycles. The maximum absolute atomic E-state index is 3.85. The fraction of sp³-hybridized carbons (Fsp3) is 0.400. The van der Waals surface area contributed by atoms with E-state index in [1.165, 1.54) is 12.0 Å². The molecular formula is C10H16N+. The molecule has 1 rings (SSSR count). The topological polar surface area (TPSA) is 27.6 Å². The number of hydrogen-bond acceptors (Lipinski definition) is 0. The van der Waals surface area contributed by atoms with Crippen molar-refractivity contribution in [1.82, 2.24) is 0 Å². The summed E-state index contributed by atoms with van der Waals surface area (Å²) in [6.07, 6.45) is 1.20. The first-order valence-corrected chi connectivity index (χ1v) is 4.16. The van der Waals surface area contributed by atoms with Crippen LogP contribution in [-0.2, 0) is 0 Å². The molecule has 1 nitrogen and oxygen atoms in total. The monoisotopic (exact) mass is 150 g/mol. The third-order valence-corrected chi connectivity index (χ3v) is 2.16. The van der Waals surface area contributed by atoms with E-state index in [0.717, 1.165) is 5.69 Å². The van der Waals surface area contributed by atoms with Gasteiger partial charge in [0.15, 0.2) is 0 Å². The Labute approximate surface area is 68.2 Å². The Morgan fingerprint density at radius 3 is 2.27 bits per heavy atom. The highest BCUT2D eigenvalue weighted by molar-refractivity contribution is 5.32. The molecule has 1 unspecified atom stereocenters. The van der Waals surface area contributed by atoms with Crippen molar-refractivity contribution < 1.29 is 5.73 Å². The van der Waals surface area contributed by atoms with E-state index in [0.29, 0.717) is 5.92 Å². The molecule has 0 saturated heterocycles. The van der Waals surface area contributed by atoms with Gasteiger partial charge in [-0.1, -0.05) is 26.0 Å². The average molecular weight is 150 g/mol. The fourth-order valence-electron chi connectivity index (χ4n) is 1.08. The molecule has 0 aromatic heterocycles. The van der Waals surface area contributed by atoms with Crippen LogP contribution in [0.4, 0.5) is 5.69 Å². The highest BCUT2D eigenvalue weighted by Gasteiger charge is 2.01. The number of rotatable bonds is 2. The van der Waals surface area contributed by atoms with E-state index in [2.05, 4.69) is 43.8 Å². The van der Waals surface area contributed by atoms with Crippen LogP contribution in [0.2, 0.25) is 0 Å². The van der Waals surface area contributed by atoms with Gasteiger partial charge in [-0.05, 0) is 30.0 Å². The lowest BCUT2D eigenvalue weighted by atomic mass is 9.99. The molecule has 1 aromatic rings. The molecule has 0 fully saturated rings. The van der Waals surface area contributed by atoms with Gasteiger partial charge in [-0.2, -0.15) is 0 Å². The number of hydrogen-bond donors (Lipinski definition) is 1. The van der Waals surface area contributed by atoms with Crippen molar-refractivity contribution in [2.45, 2.75) is 26.2 Å². The fourth-order valence-corrected chi connectivity index (χ4v) is 1.08. The zero-order chi connectivity index (χ0) is 8.27. The highest BCUT2D eigenvalue weighted by Crippen LogP contribution is 2.18. The molecule has 0 amide bonds. The number of benzene rings is 1. The maximum atomic E-state index is 3.85. The van der Waals surface area contributed by atoms with E-state index < -0.39 is 0 Å². The number of quaternary nitrogens is 1. The van der Waals surface area contributed by atoms with Crippen LogP contribution in [-0.4, -0.2) is 0 Å². The van der Waals surface area contributed by atoms with Crippen molar-refractivity contribution in [2.75, 3.05) is 0 Å². The average Bonchev–Trinajstić information content (AvgIpc) is 2.05. The Hall–Kier alpha value is -0.820. The smallest absolute Gasteiger partial charge is 0.127 e. The van der Waals surface area contributed by atoms with E-state index in [4.69, 9.17) is 0 Å². The quantitative estimate of drug-likeness (QED) is 0.668. The summed E-state index contributed by atoms with van der Waals surface area (Å²) in [4.78, 5) is 0. The Morgan fingerprint density at radius 1 is 1.27 bits per heavy atom. The van der Waals surface area contributed by atoms with E-state index in [-0.39, 0.29) is 0 Å².